The molecule has 0 aromatic heterocycles. The molecule has 0 bridgehead atoms. The number of anilines is 1. The van der Waals surface area contributed by atoms with E-state index in [1.165, 1.54) is 5.56 Å². The van der Waals surface area contributed by atoms with Crippen LogP contribution >= 0.6 is 15.9 Å². The second-order valence-corrected chi connectivity index (χ2v) is 9.02. The van der Waals surface area contributed by atoms with Gasteiger partial charge in [0.25, 0.3) is 11.8 Å². The number of halogens is 1. The first-order valence-corrected chi connectivity index (χ1v) is 11.4. The molecule has 0 unspecified atom stereocenters. The number of imide groups is 1. The fourth-order valence-electron chi connectivity index (χ4n) is 4.18. The number of piperidine rings is 1. The molecule has 2 amide bonds. The summed E-state index contributed by atoms with van der Waals surface area (Å²) in [5.74, 6) is -0.141. The maximum absolute atomic E-state index is 12.4. The number of rotatable bonds is 6. The van der Waals surface area contributed by atoms with Gasteiger partial charge in [0.15, 0.2) is 0 Å². The Bertz CT molecular complexity index is 996. The number of amides is 2. The number of carbonyl (C=O) groups is 2. The van der Waals surface area contributed by atoms with Crippen molar-refractivity contribution < 1.29 is 14.7 Å². The fourth-order valence-corrected chi connectivity index (χ4v) is 4.54. The van der Waals surface area contributed by atoms with Crippen LogP contribution in [0.15, 0.2) is 53.1 Å². The number of aliphatic hydroxyl groups is 1. The molecule has 6 nitrogen and oxygen atoms in total. The van der Waals surface area contributed by atoms with E-state index in [0.29, 0.717) is 22.6 Å². The molecule has 31 heavy (non-hydrogen) atoms. The Morgan fingerprint density at radius 2 is 1.81 bits per heavy atom. The predicted molar refractivity (Wildman–Crippen MR) is 124 cm³/mol. The zero-order chi connectivity index (χ0) is 21.8. The third-order valence-corrected chi connectivity index (χ3v) is 6.47. The van der Waals surface area contributed by atoms with E-state index < -0.39 is 5.91 Å². The van der Waals surface area contributed by atoms with Gasteiger partial charge in [-0.25, -0.2) is 0 Å². The highest BCUT2D eigenvalue weighted by molar-refractivity contribution is 9.10. The van der Waals surface area contributed by atoms with Crippen LogP contribution in [0.1, 0.15) is 40.7 Å². The van der Waals surface area contributed by atoms with Gasteiger partial charge < -0.3 is 10.4 Å². The highest BCUT2D eigenvalue weighted by Gasteiger charge is 2.27. The molecule has 0 saturated carbocycles. The first kappa shape index (κ1) is 21.7. The van der Waals surface area contributed by atoms with Gasteiger partial charge in [-0.3, -0.25) is 19.8 Å². The van der Waals surface area contributed by atoms with Crippen LogP contribution in [-0.4, -0.2) is 41.5 Å². The van der Waals surface area contributed by atoms with E-state index in [1.807, 2.05) is 12.1 Å². The van der Waals surface area contributed by atoms with Gasteiger partial charge >= 0.3 is 0 Å². The molecule has 0 radical (unpaired) electrons. The Kier molecular flexibility index (Phi) is 6.85. The van der Waals surface area contributed by atoms with E-state index in [9.17, 15) is 9.59 Å². The summed E-state index contributed by atoms with van der Waals surface area (Å²) in [6, 6.07) is 13.5. The average Bonchev–Trinajstić information content (AvgIpc) is 2.76. The molecule has 2 aliphatic rings. The number of carbonyl (C=O) groups excluding carboxylic acids is 2. The quantitative estimate of drug-likeness (QED) is 0.430. The highest BCUT2D eigenvalue weighted by atomic mass is 79.9. The van der Waals surface area contributed by atoms with Gasteiger partial charge in [-0.15, -0.1) is 0 Å². The molecule has 2 aromatic rings. The van der Waals surface area contributed by atoms with E-state index in [0.717, 1.165) is 49.1 Å². The molecular formula is C24H26BrN3O3. The zero-order valence-electron chi connectivity index (χ0n) is 17.2. The third-order valence-electron chi connectivity index (χ3n) is 5.98. The number of hydrogen-bond acceptors (Lipinski definition) is 5. The van der Waals surface area contributed by atoms with Crippen molar-refractivity contribution in [2.24, 2.45) is 5.92 Å². The molecule has 2 aliphatic heterocycles. The Balaban J connectivity index is 1.40. The summed E-state index contributed by atoms with van der Waals surface area (Å²) in [5.41, 5.74) is 3.63. The molecule has 1 fully saturated rings. The summed E-state index contributed by atoms with van der Waals surface area (Å²) in [6.07, 6.45) is 4.86. The molecule has 1 saturated heterocycles. The SMILES string of the molecule is O=C1NC(=O)c2ccc(Br)cc2C1=CNc1ccc(CN2CCC(CCO)CC2)cc1. The minimum absolute atomic E-state index is 0.288. The van der Waals surface area contributed by atoms with E-state index >= 15 is 0 Å². The number of benzene rings is 2. The number of nitrogens with zero attached hydrogens (tertiary/aromatic N) is 1. The van der Waals surface area contributed by atoms with Crippen molar-refractivity contribution in [2.75, 3.05) is 25.0 Å². The molecule has 0 atom stereocenters. The van der Waals surface area contributed by atoms with Crippen molar-refractivity contribution in [1.29, 1.82) is 0 Å². The smallest absolute Gasteiger partial charge is 0.260 e. The van der Waals surface area contributed by atoms with E-state index in [2.05, 4.69) is 43.6 Å². The van der Waals surface area contributed by atoms with Crippen LogP contribution in [0.4, 0.5) is 5.69 Å². The Hall–Kier alpha value is -2.48. The number of aliphatic hydroxyl groups excluding tert-OH is 1. The van der Waals surface area contributed by atoms with Crippen molar-refractivity contribution in [3.8, 4) is 0 Å². The number of fused-ring (bicyclic) bond motifs is 1. The average molecular weight is 484 g/mol. The van der Waals surface area contributed by atoms with Gasteiger partial charge in [0, 0.05) is 40.6 Å². The molecule has 162 valence electrons. The van der Waals surface area contributed by atoms with Gasteiger partial charge in [-0.05, 0) is 74.2 Å². The second-order valence-electron chi connectivity index (χ2n) is 8.10. The van der Waals surface area contributed by atoms with Crippen LogP contribution in [0.5, 0.6) is 0 Å². The van der Waals surface area contributed by atoms with Gasteiger partial charge in [0.05, 0.1) is 5.57 Å². The van der Waals surface area contributed by atoms with Crippen molar-refractivity contribution in [1.82, 2.24) is 10.2 Å². The monoisotopic (exact) mass is 483 g/mol. The van der Waals surface area contributed by atoms with Gasteiger partial charge in [-0.1, -0.05) is 28.1 Å². The molecule has 4 rings (SSSR count). The zero-order valence-corrected chi connectivity index (χ0v) is 18.8. The van der Waals surface area contributed by atoms with E-state index in [1.54, 1.807) is 24.4 Å². The first-order chi connectivity index (χ1) is 15.0. The van der Waals surface area contributed by atoms with Crippen LogP contribution in [0.3, 0.4) is 0 Å². The maximum atomic E-state index is 12.4. The predicted octanol–water partition coefficient (Wildman–Crippen LogP) is 3.77. The summed E-state index contributed by atoms with van der Waals surface area (Å²) in [4.78, 5) is 26.9. The standard InChI is InChI=1S/C24H26BrN3O3/c25-18-3-6-20-21(13-18)22(24(31)27-23(20)30)14-26-19-4-1-17(2-5-19)15-28-10-7-16(8-11-28)9-12-29/h1-6,13-14,16,26,29H,7-12,15H2,(H,27,30,31). The van der Waals surface area contributed by atoms with Crippen LogP contribution < -0.4 is 10.6 Å². The van der Waals surface area contributed by atoms with Crippen LogP contribution in [0.25, 0.3) is 5.57 Å². The minimum atomic E-state index is -0.413. The van der Waals surface area contributed by atoms with Crippen molar-refractivity contribution in [2.45, 2.75) is 25.8 Å². The van der Waals surface area contributed by atoms with Gasteiger partial charge in [0.1, 0.15) is 0 Å². The first-order valence-electron chi connectivity index (χ1n) is 10.6. The topological polar surface area (TPSA) is 81.7 Å². The number of hydrogen-bond donors (Lipinski definition) is 3. The lowest BCUT2D eigenvalue weighted by Gasteiger charge is -2.31. The molecule has 7 heteroatoms. The van der Waals surface area contributed by atoms with Crippen LogP contribution in [-0.2, 0) is 11.3 Å². The summed E-state index contributed by atoms with van der Waals surface area (Å²) in [6.45, 7) is 3.34. The van der Waals surface area contributed by atoms with Crippen molar-refractivity contribution in [3.05, 3.63) is 69.8 Å². The van der Waals surface area contributed by atoms with Crippen molar-refractivity contribution >= 4 is 39.0 Å². The summed E-state index contributed by atoms with van der Waals surface area (Å²) in [7, 11) is 0. The lowest BCUT2D eigenvalue weighted by Crippen LogP contribution is -2.36. The largest absolute Gasteiger partial charge is 0.396 e. The molecule has 0 aliphatic carbocycles. The summed E-state index contributed by atoms with van der Waals surface area (Å²) >= 11 is 3.41. The summed E-state index contributed by atoms with van der Waals surface area (Å²) < 4.78 is 0.810. The Morgan fingerprint density at radius 1 is 1.06 bits per heavy atom. The van der Waals surface area contributed by atoms with Gasteiger partial charge in [-0.2, -0.15) is 0 Å². The molecular weight excluding hydrogens is 458 g/mol. The summed E-state index contributed by atoms with van der Waals surface area (Å²) in [5, 5.41) is 14.7. The van der Waals surface area contributed by atoms with E-state index in [4.69, 9.17) is 5.11 Å². The number of nitrogens with one attached hydrogen (secondary N) is 2. The molecule has 2 aromatic carbocycles. The minimum Gasteiger partial charge on any atom is -0.396 e. The van der Waals surface area contributed by atoms with Gasteiger partial charge in [0.2, 0.25) is 0 Å². The Labute approximate surface area is 190 Å². The second kappa shape index (κ2) is 9.77. The maximum Gasteiger partial charge on any atom is 0.260 e. The van der Waals surface area contributed by atoms with E-state index in [-0.39, 0.29) is 12.5 Å². The normalized spacial score (nSPS) is 18.7. The molecule has 2 heterocycles. The van der Waals surface area contributed by atoms with Crippen molar-refractivity contribution in [3.63, 3.8) is 0 Å². The van der Waals surface area contributed by atoms with Crippen LogP contribution in [0.2, 0.25) is 0 Å². The fraction of sp³-hybridized carbons (Fsp3) is 0.333. The number of likely N-dealkylation sites (tertiary alicyclic amines) is 1. The van der Waals surface area contributed by atoms with Crippen LogP contribution in [0, 0.1) is 5.92 Å². The third kappa shape index (κ3) is 5.23. The molecule has 0 spiro atoms. The lowest BCUT2D eigenvalue weighted by molar-refractivity contribution is -0.114. The molecule has 3 N–H and O–H groups in total. The lowest BCUT2D eigenvalue weighted by atomic mass is 9.94. The highest BCUT2D eigenvalue weighted by Crippen LogP contribution is 2.27. The Morgan fingerprint density at radius 3 is 2.52 bits per heavy atom.